The first-order valence-electron chi connectivity index (χ1n) is 13.7. The van der Waals surface area contributed by atoms with Gasteiger partial charge in [-0.15, -0.1) is 0 Å². The van der Waals surface area contributed by atoms with Crippen LogP contribution < -0.4 is 0 Å². The molecular formula is C30H50O2. The largest absolute Gasteiger partial charge is 0.393 e. The van der Waals surface area contributed by atoms with Gasteiger partial charge in [0.15, 0.2) is 5.78 Å². The van der Waals surface area contributed by atoms with Gasteiger partial charge in [0.2, 0.25) is 0 Å². The molecule has 0 bridgehead atoms. The van der Waals surface area contributed by atoms with Crippen LogP contribution in [-0.2, 0) is 4.79 Å². The van der Waals surface area contributed by atoms with E-state index in [1.165, 1.54) is 49.7 Å². The summed E-state index contributed by atoms with van der Waals surface area (Å²) in [6.45, 7) is 19.0. The highest BCUT2D eigenvalue weighted by Crippen LogP contribution is 2.71. The fraction of sp³-hybridized carbons (Fsp3) is 0.900. The first-order chi connectivity index (χ1) is 14.8. The number of aliphatic hydroxyl groups is 1. The first-order valence-corrected chi connectivity index (χ1v) is 13.7. The monoisotopic (exact) mass is 442 g/mol. The van der Waals surface area contributed by atoms with Crippen LogP contribution in [0.25, 0.3) is 0 Å². The Bertz CT molecular complexity index is 791. The lowest BCUT2D eigenvalue weighted by Gasteiger charge is -2.61. The van der Waals surface area contributed by atoms with Crippen LogP contribution in [0, 0.1) is 45.3 Å². The molecule has 0 radical (unpaired) electrons. The van der Waals surface area contributed by atoms with Crippen molar-refractivity contribution in [1.82, 2.24) is 0 Å². The van der Waals surface area contributed by atoms with Gasteiger partial charge in [0, 0.05) is 17.4 Å². The lowest BCUT2D eigenvalue weighted by atomic mass is 9.43. The minimum Gasteiger partial charge on any atom is -0.393 e. The lowest BCUT2D eigenvalue weighted by Crippen LogP contribution is -2.57. The Labute approximate surface area is 198 Å². The van der Waals surface area contributed by atoms with Gasteiger partial charge < -0.3 is 5.11 Å². The molecule has 0 aliphatic heterocycles. The smallest absolute Gasteiger partial charge is 0.159 e. The van der Waals surface area contributed by atoms with Gasteiger partial charge in [-0.3, -0.25) is 4.79 Å². The molecule has 2 nitrogen and oxygen atoms in total. The summed E-state index contributed by atoms with van der Waals surface area (Å²) in [7, 11) is 0. The van der Waals surface area contributed by atoms with E-state index >= 15 is 0 Å². The molecule has 0 saturated heterocycles. The third-order valence-electron chi connectivity index (χ3n) is 11.7. The van der Waals surface area contributed by atoms with Crippen molar-refractivity contribution in [3.63, 3.8) is 0 Å². The van der Waals surface area contributed by atoms with Crippen molar-refractivity contribution in [3.05, 3.63) is 11.1 Å². The highest BCUT2D eigenvalue weighted by molar-refractivity contribution is 5.99. The predicted molar refractivity (Wildman–Crippen MR) is 133 cm³/mol. The van der Waals surface area contributed by atoms with Gasteiger partial charge in [0.25, 0.3) is 0 Å². The Morgan fingerprint density at radius 2 is 1.66 bits per heavy atom. The van der Waals surface area contributed by atoms with Crippen molar-refractivity contribution < 1.29 is 9.90 Å². The van der Waals surface area contributed by atoms with E-state index in [1.54, 1.807) is 0 Å². The quantitative estimate of drug-likeness (QED) is 0.473. The Hall–Kier alpha value is -0.630. The van der Waals surface area contributed by atoms with E-state index in [4.69, 9.17) is 0 Å². The Balaban J connectivity index is 1.68. The second-order valence-corrected chi connectivity index (χ2v) is 14.0. The van der Waals surface area contributed by atoms with Crippen molar-refractivity contribution in [2.75, 3.05) is 0 Å². The molecule has 4 rings (SSSR count). The number of hydrogen-bond donors (Lipinski definition) is 1. The molecule has 0 aromatic heterocycles. The molecule has 0 aromatic carbocycles. The summed E-state index contributed by atoms with van der Waals surface area (Å²) in [4.78, 5) is 13.9. The minimum atomic E-state index is -0.289. The standard InChI is InChI=1S/C30H50O2/c1-19(2)10-9-11-20(3)21-12-17-30(8)26-22(13-16-29(21,30)7)28(6)15-14-25(32)27(4,5)24(28)18-23(26)31/h19-21,24-25,32H,9-18H2,1-8H3/t20-,21-,24-,25-,28-,29+,30+/m0/s1. The van der Waals surface area contributed by atoms with Crippen molar-refractivity contribution in [3.8, 4) is 0 Å². The van der Waals surface area contributed by atoms with E-state index in [0.717, 1.165) is 37.0 Å². The fourth-order valence-electron chi connectivity index (χ4n) is 9.35. The molecular weight excluding hydrogens is 392 g/mol. The van der Waals surface area contributed by atoms with Gasteiger partial charge >= 0.3 is 0 Å². The summed E-state index contributed by atoms with van der Waals surface area (Å²) < 4.78 is 0. The maximum Gasteiger partial charge on any atom is 0.159 e. The Kier molecular flexibility index (Phi) is 6.09. The summed E-state index contributed by atoms with van der Waals surface area (Å²) in [6.07, 6.45) is 11.1. The average molecular weight is 443 g/mol. The zero-order chi connectivity index (χ0) is 23.7. The number of fused-ring (bicyclic) bond motifs is 4. The van der Waals surface area contributed by atoms with Crippen LogP contribution in [0.4, 0.5) is 0 Å². The molecule has 4 aliphatic carbocycles. The molecule has 4 aliphatic rings. The fourth-order valence-corrected chi connectivity index (χ4v) is 9.35. The van der Waals surface area contributed by atoms with Gasteiger partial charge in [0.05, 0.1) is 6.10 Å². The van der Waals surface area contributed by atoms with E-state index < -0.39 is 0 Å². The molecule has 0 spiro atoms. The highest BCUT2D eigenvalue weighted by atomic mass is 16.3. The zero-order valence-electron chi connectivity index (χ0n) is 22.3. The van der Waals surface area contributed by atoms with E-state index in [9.17, 15) is 9.90 Å². The molecule has 2 heteroatoms. The number of aliphatic hydroxyl groups excluding tert-OH is 1. The molecule has 0 unspecified atom stereocenters. The van der Waals surface area contributed by atoms with Gasteiger partial charge in [-0.05, 0) is 78.4 Å². The van der Waals surface area contributed by atoms with Crippen molar-refractivity contribution >= 4 is 5.78 Å². The summed E-state index contributed by atoms with van der Waals surface area (Å²) in [6, 6.07) is 0. The van der Waals surface area contributed by atoms with Gasteiger partial charge in [-0.2, -0.15) is 0 Å². The van der Waals surface area contributed by atoms with Crippen molar-refractivity contribution in [2.24, 2.45) is 45.3 Å². The Morgan fingerprint density at radius 3 is 2.31 bits per heavy atom. The van der Waals surface area contributed by atoms with E-state index in [-0.39, 0.29) is 33.7 Å². The minimum absolute atomic E-state index is 0.0306. The van der Waals surface area contributed by atoms with Crippen LogP contribution in [0.2, 0.25) is 0 Å². The maximum absolute atomic E-state index is 13.9. The summed E-state index contributed by atoms with van der Waals surface area (Å²) in [5.74, 6) is 2.96. The summed E-state index contributed by atoms with van der Waals surface area (Å²) in [5, 5.41) is 10.8. The van der Waals surface area contributed by atoms with Crippen molar-refractivity contribution in [1.29, 1.82) is 0 Å². The topological polar surface area (TPSA) is 37.3 Å². The molecule has 2 saturated carbocycles. The predicted octanol–water partition coefficient (Wildman–Crippen LogP) is 7.74. The number of carbonyl (C=O) groups excluding carboxylic acids is 1. The summed E-state index contributed by atoms with van der Waals surface area (Å²) >= 11 is 0. The third-order valence-corrected chi connectivity index (χ3v) is 11.7. The third kappa shape index (κ3) is 3.32. The molecule has 32 heavy (non-hydrogen) atoms. The van der Waals surface area contributed by atoms with E-state index in [1.807, 2.05) is 0 Å². The van der Waals surface area contributed by atoms with Crippen LogP contribution in [0.3, 0.4) is 0 Å². The number of ketones is 1. The lowest BCUT2D eigenvalue weighted by molar-refractivity contribution is -0.134. The zero-order valence-corrected chi connectivity index (χ0v) is 22.3. The molecule has 182 valence electrons. The Morgan fingerprint density at radius 1 is 0.969 bits per heavy atom. The van der Waals surface area contributed by atoms with Crippen LogP contribution in [0.15, 0.2) is 11.1 Å². The van der Waals surface area contributed by atoms with E-state index in [2.05, 4.69) is 55.4 Å². The average Bonchev–Trinajstić information content (AvgIpc) is 2.98. The SMILES string of the molecule is CC(C)CCC[C@H](C)[C@@H]1CC[C@]2(C)C3=C(CC[C@]12C)[C@]1(C)CC[C@H](O)C(C)(C)[C@@H]1CC3=O. The van der Waals surface area contributed by atoms with E-state index in [0.29, 0.717) is 12.2 Å². The number of hydrogen-bond acceptors (Lipinski definition) is 2. The maximum atomic E-state index is 13.9. The second kappa shape index (κ2) is 7.96. The molecule has 0 heterocycles. The molecule has 1 N–H and O–H groups in total. The summed E-state index contributed by atoms with van der Waals surface area (Å²) in [5.41, 5.74) is 2.93. The highest BCUT2D eigenvalue weighted by Gasteiger charge is 2.65. The van der Waals surface area contributed by atoms with Gasteiger partial charge in [0.1, 0.15) is 0 Å². The second-order valence-electron chi connectivity index (χ2n) is 14.0. The first kappa shape index (κ1) is 24.5. The van der Waals surface area contributed by atoms with Crippen LogP contribution in [0.1, 0.15) is 120 Å². The van der Waals surface area contributed by atoms with Crippen LogP contribution in [0.5, 0.6) is 0 Å². The van der Waals surface area contributed by atoms with Gasteiger partial charge in [-0.25, -0.2) is 0 Å². The number of rotatable bonds is 5. The number of allylic oxidation sites excluding steroid dienone is 2. The molecule has 2 fully saturated rings. The van der Waals surface area contributed by atoms with Crippen LogP contribution >= 0.6 is 0 Å². The van der Waals surface area contributed by atoms with Crippen molar-refractivity contribution in [2.45, 2.75) is 126 Å². The molecule has 0 aromatic rings. The molecule has 7 atom stereocenters. The van der Waals surface area contributed by atoms with Gasteiger partial charge in [-0.1, -0.05) is 80.2 Å². The molecule has 0 amide bonds. The normalized spacial score (nSPS) is 44.3. The number of carbonyl (C=O) groups is 1. The van der Waals surface area contributed by atoms with Crippen LogP contribution in [-0.4, -0.2) is 17.0 Å². The number of Topliss-reactive ketones (excluding diaryl/α,β-unsaturated/α-hetero) is 1.